The molecule has 0 aromatic rings. The molecule has 0 radical (unpaired) electrons. The second kappa shape index (κ2) is 13.9. The summed E-state index contributed by atoms with van der Waals surface area (Å²) in [6.45, 7) is 10.5. The Bertz CT molecular complexity index is 533. The predicted molar refractivity (Wildman–Crippen MR) is 108 cm³/mol. The normalized spacial score (nSPS) is 16.9. The molecule has 0 aliphatic heterocycles. The van der Waals surface area contributed by atoms with Crippen LogP contribution in [0.2, 0.25) is 0 Å². The van der Waals surface area contributed by atoms with Crippen LogP contribution in [0.4, 0.5) is 0 Å². The highest BCUT2D eigenvalue weighted by Crippen LogP contribution is 2.12. The number of carbonyl (C=O) groups excluding carboxylic acids is 4. The van der Waals surface area contributed by atoms with E-state index in [1.165, 1.54) is 0 Å². The van der Waals surface area contributed by atoms with Crippen LogP contribution in [0.15, 0.2) is 0 Å². The van der Waals surface area contributed by atoms with Gasteiger partial charge in [-0.2, -0.15) is 0 Å². The van der Waals surface area contributed by atoms with Gasteiger partial charge in [-0.3, -0.25) is 9.59 Å². The molecule has 10 heteroatoms. The van der Waals surface area contributed by atoms with E-state index in [2.05, 4.69) is 10.6 Å². The molecule has 10 nitrogen and oxygen atoms in total. The van der Waals surface area contributed by atoms with Crippen molar-refractivity contribution in [3.8, 4) is 0 Å². The number of rotatable bonds is 13. The topological polar surface area (TPSA) is 151 Å². The van der Waals surface area contributed by atoms with Gasteiger partial charge in [0.05, 0.1) is 13.2 Å². The molecule has 174 valence electrons. The van der Waals surface area contributed by atoms with Gasteiger partial charge >= 0.3 is 11.9 Å². The highest BCUT2D eigenvalue weighted by Gasteiger charge is 2.37. The predicted octanol–water partition coefficient (Wildman–Crippen LogP) is -0.104. The molecular weight excluding hydrogens is 396 g/mol. The first kappa shape index (κ1) is 27.8. The minimum absolute atomic E-state index is 0.111. The summed E-state index contributed by atoms with van der Waals surface area (Å²) in [5.41, 5.74) is 0. The Morgan fingerprint density at radius 2 is 1.00 bits per heavy atom. The van der Waals surface area contributed by atoms with E-state index in [1.807, 2.05) is 13.8 Å². The van der Waals surface area contributed by atoms with Gasteiger partial charge in [0.1, 0.15) is 12.1 Å². The average Bonchev–Trinajstić information content (AvgIpc) is 2.73. The Kier molecular flexibility index (Phi) is 12.9. The summed E-state index contributed by atoms with van der Waals surface area (Å²) in [4.78, 5) is 48.8. The molecule has 0 fully saturated rings. The number of amides is 2. The van der Waals surface area contributed by atoms with Crippen molar-refractivity contribution in [1.82, 2.24) is 10.6 Å². The molecule has 0 heterocycles. The summed E-state index contributed by atoms with van der Waals surface area (Å²) in [7, 11) is 0. The zero-order valence-electron chi connectivity index (χ0n) is 18.6. The Hall–Kier alpha value is -2.20. The molecule has 0 unspecified atom stereocenters. The van der Waals surface area contributed by atoms with E-state index in [4.69, 9.17) is 9.47 Å². The third-order valence-electron chi connectivity index (χ3n) is 4.94. The maximum Gasteiger partial charge on any atom is 0.328 e. The number of hydrogen-bond acceptors (Lipinski definition) is 8. The highest BCUT2D eigenvalue weighted by atomic mass is 16.5. The molecule has 0 saturated carbocycles. The second-order valence-electron chi connectivity index (χ2n) is 7.14. The summed E-state index contributed by atoms with van der Waals surface area (Å²) < 4.78 is 9.86. The van der Waals surface area contributed by atoms with Crippen LogP contribution >= 0.6 is 0 Å². The van der Waals surface area contributed by atoms with E-state index in [0.717, 1.165) is 0 Å². The van der Waals surface area contributed by atoms with Gasteiger partial charge in [-0.05, 0) is 25.7 Å². The average molecular weight is 433 g/mol. The first-order chi connectivity index (χ1) is 14.0. The zero-order valence-corrected chi connectivity index (χ0v) is 18.6. The van der Waals surface area contributed by atoms with Crippen molar-refractivity contribution in [1.29, 1.82) is 0 Å². The largest absolute Gasteiger partial charge is 0.464 e. The minimum atomic E-state index is -2.15. The molecule has 0 saturated heterocycles. The number of carbonyl (C=O) groups is 4. The Morgan fingerprint density at radius 1 is 0.700 bits per heavy atom. The molecular formula is C20H36N2O8. The van der Waals surface area contributed by atoms with Gasteiger partial charge in [0.25, 0.3) is 11.8 Å². The number of aliphatic hydroxyl groups excluding tert-OH is 2. The van der Waals surface area contributed by atoms with Crippen molar-refractivity contribution in [2.75, 3.05) is 13.2 Å². The van der Waals surface area contributed by atoms with E-state index >= 15 is 0 Å². The fraction of sp³-hybridized carbons (Fsp3) is 0.800. The number of nitrogens with one attached hydrogen (secondary N) is 2. The van der Waals surface area contributed by atoms with E-state index in [-0.39, 0.29) is 25.0 Å². The van der Waals surface area contributed by atoms with Gasteiger partial charge < -0.3 is 30.3 Å². The van der Waals surface area contributed by atoms with Gasteiger partial charge in [0, 0.05) is 0 Å². The molecule has 6 atom stereocenters. The molecule has 0 aromatic heterocycles. The molecule has 0 aromatic carbocycles. The summed E-state index contributed by atoms with van der Waals surface area (Å²) in [5, 5.41) is 24.9. The SMILES string of the molecule is CCOC(=O)[C@@H](NC(=O)[C@@H](O)[C@H](O)C(=O)N[C@H](C(=O)OCC)[C@@H](C)CC)[C@@H](C)CC. The molecule has 0 aliphatic carbocycles. The van der Waals surface area contributed by atoms with Crippen molar-refractivity contribution in [2.24, 2.45) is 11.8 Å². The third-order valence-corrected chi connectivity index (χ3v) is 4.94. The van der Waals surface area contributed by atoms with Gasteiger partial charge in [-0.1, -0.05) is 40.5 Å². The fourth-order valence-electron chi connectivity index (χ4n) is 2.57. The molecule has 0 aliphatic rings. The number of aliphatic hydroxyl groups is 2. The number of esters is 2. The lowest BCUT2D eigenvalue weighted by Gasteiger charge is -2.26. The van der Waals surface area contributed by atoms with Crippen LogP contribution in [0.25, 0.3) is 0 Å². The van der Waals surface area contributed by atoms with Gasteiger partial charge in [0.2, 0.25) is 0 Å². The lowest BCUT2D eigenvalue weighted by molar-refractivity contribution is -0.155. The molecule has 30 heavy (non-hydrogen) atoms. The lowest BCUT2D eigenvalue weighted by Crippen LogP contribution is -2.57. The summed E-state index contributed by atoms with van der Waals surface area (Å²) >= 11 is 0. The molecule has 4 N–H and O–H groups in total. The molecule has 0 rings (SSSR count). The second-order valence-corrected chi connectivity index (χ2v) is 7.14. The van der Waals surface area contributed by atoms with Crippen LogP contribution in [0.5, 0.6) is 0 Å². The smallest absolute Gasteiger partial charge is 0.328 e. The first-order valence-corrected chi connectivity index (χ1v) is 10.4. The maximum absolute atomic E-state index is 12.3. The lowest BCUT2D eigenvalue weighted by atomic mass is 9.98. The number of hydrogen-bond donors (Lipinski definition) is 4. The monoisotopic (exact) mass is 432 g/mol. The van der Waals surface area contributed by atoms with Crippen LogP contribution in [0.1, 0.15) is 54.4 Å². The van der Waals surface area contributed by atoms with Crippen molar-refractivity contribution in [2.45, 2.75) is 78.7 Å². The van der Waals surface area contributed by atoms with Crippen LogP contribution in [0, 0.1) is 11.8 Å². The third kappa shape index (κ3) is 8.27. The van der Waals surface area contributed by atoms with Gasteiger partial charge in [-0.15, -0.1) is 0 Å². The van der Waals surface area contributed by atoms with Crippen LogP contribution in [0.3, 0.4) is 0 Å². The van der Waals surface area contributed by atoms with Gasteiger partial charge in [0.15, 0.2) is 12.2 Å². The summed E-state index contributed by atoms with van der Waals surface area (Å²) in [6.07, 6.45) is -3.21. The van der Waals surface area contributed by atoms with Crippen LogP contribution in [-0.4, -0.2) is 71.5 Å². The summed E-state index contributed by atoms with van der Waals surface area (Å²) in [6, 6.07) is -2.08. The van der Waals surface area contributed by atoms with Crippen molar-refractivity contribution < 1.29 is 38.9 Å². The number of ether oxygens (including phenoxy) is 2. The quantitative estimate of drug-likeness (QED) is 0.294. The molecule has 2 amide bonds. The Morgan fingerprint density at radius 3 is 1.23 bits per heavy atom. The first-order valence-electron chi connectivity index (χ1n) is 10.4. The molecule has 0 spiro atoms. The highest BCUT2D eigenvalue weighted by molar-refractivity contribution is 5.94. The minimum Gasteiger partial charge on any atom is -0.464 e. The van der Waals surface area contributed by atoms with Crippen molar-refractivity contribution in [3.05, 3.63) is 0 Å². The van der Waals surface area contributed by atoms with Gasteiger partial charge in [-0.25, -0.2) is 9.59 Å². The van der Waals surface area contributed by atoms with Crippen molar-refractivity contribution >= 4 is 23.8 Å². The van der Waals surface area contributed by atoms with Crippen molar-refractivity contribution in [3.63, 3.8) is 0 Å². The van der Waals surface area contributed by atoms with Crippen LogP contribution < -0.4 is 10.6 Å². The Balaban J connectivity index is 5.23. The maximum atomic E-state index is 12.3. The fourth-order valence-corrected chi connectivity index (χ4v) is 2.57. The van der Waals surface area contributed by atoms with E-state index in [1.54, 1.807) is 27.7 Å². The summed E-state index contributed by atoms with van der Waals surface area (Å²) in [5.74, 6) is -4.16. The Labute approximate surface area is 177 Å². The standard InChI is InChI=1S/C20H36N2O8/c1-7-11(5)13(19(27)29-9-3)21-17(25)15(23)16(24)18(26)22-14(12(6)8-2)20(28)30-10-4/h11-16,23-24H,7-10H2,1-6H3,(H,21,25)(H,22,26)/t11-,12-,13-,14-,15-,16-/m0/s1. The van der Waals surface area contributed by atoms with E-state index in [9.17, 15) is 29.4 Å². The zero-order chi connectivity index (χ0) is 23.4. The van der Waals surface area contributed by atoms with Crippen LogP contribution in [-0.2, 0) is 28.7 Å². The van der Waals surface area contributed by atoms with E-state index < -0.39 is 48.0 Å². The molecule has 0 bridgehead atoms. The van der Waals surface area contributed by atoms with E-state index in [0.29, 0.717) is 12.8 Å².